The van der Waals surface area contributed by atoms with Crippen LogP contribution in [0.3, 0.4) is 0 Å². The number of halogens is 1. The molecule has 4 nitrogen and oxygen atoms in total. The highest BCUT2D eigenvalue weighted by Crippen LogP contribution is 2.32. The van der Waals surface area contributed by atoms with Crippen molar-refractivity contribution in [1.82, 2.24) is 19.9 Å². The summed E-state index contributed by atoms with van der Waals surface area (Å²) < 4.78 is 15.7. The zero-order chi connectivity index (χ0) is 14.2. The van der Waals surface area contributed by atoms with Crippen LogP contribution in [0.15, 0.2) is 42.6 Å². The van der Waals surface area contributed by atoms with E-state index in [0.717, 1.165) is 35.4 Å². The molecule has 0 aliphatic heterocycles. The topological polar surface area (TPSA) is 42.2 Å². The Morgan fingerprint density at radius 1 is 1.19 bits per heavy atom. The number of nitrogens with zero attached hydrogens (tertiary/aromatic N) is 3. The molecule has 4 rings (SSSR count). The van der Waals surface area contributed by atoms with E-state index >= 15 is 0 Å². The maximum Gasteiger partial charge on any atom is 0.160 e. The lowest BCUT2D eigenvalue weighted by Crippen LogP contribution is -2.20. The summed E-state index contributed by atoms with van der Waals surface area (Å²) in [6.07, 6.45) is 3.67. The van der Waals surface area contributed by atoms with E-state index < -0.39 is 0 Å². The van der Waals surface area contributed by atoms with Crippen molar-refractivity contribution in [2.45, 2.75) is 25.4 Å². The Balaban J connectivity index is 1.55. The number of nitrogens with one attached hydrogen (secondary N) is 1. The van der Waals surface area contributed by atoms with Crippen LogP contribution >= 0.6 is 0 Å². The van der Waals surface area contributed by atoms with Crippen LogP contribution in [-0.2, 0) is 13.0 Å². The molecule has 0 amide bonds. The van der Waals surface area contributed by atoms with Crippen molar-refractivity contribution in [2.24, 2.45) is 0 Å². The second-order valence-electron chi connectivity index (χ2n) is 5.32. The lowest BCUT2D eigenvalue weighted by atomic mass is 10.1. The van der Waals surface area contributed by atoms with Crippen molar-refractivity contribution in [3.05, 3.63) is 65.4 Å². The Bertz CT molecular complexity index is 796. The van der Waals surface area contributed by atoms with Gasteiger partial charge in [0.1, 0.15) is 5.82 Å². The van der Waals surface area contributed by atoms with Gasteiger partial charge in [-0.3, -0.25) is 4.40 Å². The largest absolute Gasteiger partial charge is 0.303 e. The van der Waals surface area contributed by atoms with Crippen LogP contribution in [0.1, 0.15) is 29.4 Å². The van der Waals surface area contributed by atoms with E-state index in [1.165, 1.54) is 6.07 Å². The molecule has 0 bridgehead atoms. The van der Waals surface area contributed by atoms with Gasteiger partial charge >= 0.3 is 0 Å². The van der Waals surface area contributed by atoms with Gasteiger partial charge in [0.2, 0.25) is 0 Å². The Hall–Kier alpha value is -2.27. The summed E-state index contributed by atoms with van der Waals surface area (Å²) in [5.41, 5.74) is 2.76. The van der Waals surface area contributed by atoms with E-state index in [0.29, 0.717) is 6.54 Å². The van der Waals surface area contributed by atoms with Crippen LogP contribution in [0.5, 0.6) is 0 Å². The van der Waals surface area contributed by atoms with Gasteiger partial charge in [-0.1, -0.05) is 18.2 Å². The molecule has 2 heterocycles. The Morgan fingerprint density at radius 3 is 3.10 bits per heavy atom. The maximum absolute atomic E-state index is 13.7. The van der Waals surface area contributed by atoms with Crippen molar-refractivity contribution < 1.29 is 4.39 Å². The molecule has 1 aliphatic rings. The number of rotatable bonds is 3. The van der Waals surface area contributed by atoms with E-state index in [4.69, 9.17) is 0 Å². The second-order valence-corrected chi connectivity index (χ2v) is 5.32. The molecule has 0 radical (unpaired) electrons. The fourth-order valence-electron chi connectivity index (χ4n) is 3.05. The first-order valence-electron chi connectivity index (χ1n) is 7.12. The number of benzene rings is 1. The maximum atomic E-state index is 13.7. The van der Waals surface area contributed by atoms with E-state index in [9.17, 15) is 4.39 Å². The van der Waals surface area contributed by atoms with Gasteiger partial charge in [-0.15, -0.1) is 10.2 Å². The molecule has 0 spiro atoms. The predicted molar refractivity (Wildman–Crippen MR) is 77.3 cm³/mol. The highest BCUT2D eigenvalue weighted by atomic mass is 19.1. The Labute approximate surface area is 121 Å². The summed E-state index contributed by atoms with van der Waals surface area (Å²) in [6.45, 7) is 0.617. The summed E-state index contributed by atoms with van der Waals surface area (Å²) >= 11 is 0. The summed E-state index contributed by atoms with van der Waals surface area (Å²) in [6, 6.07) is 11.3. The van der Waals surface area contributed by atoms with Crippen LogP contribution in [0.4, 0.5) is 4.39 Å². The van der Waals surface area contributed by atoms with Gasteiger partial charge in [0.15, 0.2) is 11.5 Å². The molecule has 0 saturated heterocycles. The summed E-state index contributed by atoms with van der Waals surface area (Å²) in [5.74, 6) is 0.778. The van der Waals surface area contributed by atoms with Crippen molar-refractivity contribution in [3.8, 4) is 0 Å². The first-order valence-corrected chi connectivity index (χ1v) is 7.12. The van der Waals surface area contributed by atoms with Crippen molar-refractivity contribution in [3.63, 3.8) is 0 Å². The van der Waals surface area contributed by atoms with E-state index in [1.54, 1.807) is 6.07 Å². The normalized spacial score (nSPS) is 17.3. The molecule has 1 unspecified atom stereocenters. The highest BCUT2D eigenvalue weighted by Gasteiger charge is 2.24. The minimum absolute atomic E-state index is 0.0928. The second kappa shape index (κ2) is 4.93. The molecule has 21 heavy (non-hydrogen) atoms. The molecule has 5 heteroatoms. The highest BCUT2D eigenvalue weighted by molar-refractivity contribution is 5.37. The van der Waals surface area contributed by atoms with E-state index in [2.05, 4.69) is 15.5 Å². The molecule has 2 aromatic heterocycles. The minimum atomic E-state index is -0.0928. The van der Waals surface area contributed by atoms with Crippen LogP contribution < -0.4 is 5.32 Å². The lowest BCUT2D eigenvalue weighted by molar-refractivity contribution is 0.517. The Morgan fingerprint density at radius 2 is 2.14 bits per heavy atom. The fraction of sp³-hybridized carbons (Fsp3) is 0.250. The molecule has 1 atom stereocenters. The molecule has 1 aromatic carbocycles. The van der Waals surface area contributed by atoms with Gasteiger partial charge in [0.25, 0.3) is 0 Å². The van der Waals surface area contributed by atoms with Crippen molar-refractivity contribution >= 4 is 5.65 Å². The molecule has 0 fully saturated rings. The van der Waals surface area contributed by atoms with Crippen molar-refractivity contribution in [2.75, 3.05) is 0 Å². The van der Waals surface area contributed by atoms with Crippen LogP contribution in [0.25, 0.3) is 5.65 Å². The lowest BCUT2D eigenvalue weighted by Gasteiger charge is -2.13. The molecular weight excluding hydrogens is 267 g/mol. The number of fused-ring (bicyclic) bond motifs is 2. The molecule has 1 aliphatic carbocycles. The minimum Gasteiger partial charge on any atom is -0.303 e. The molecule has 3 aromatic rings. The number of hydrogen-bond acceptors (Lipinski definition) is 3. The number of hydrogen-bond donors (Lipinski definition) is 1. The third-order valence-electron chi connectivity index (χ3n) is 4.10. The van der Waals surface area contributed by atoms with Crippen LogP contribution in [-0.4, -0.2) is 14.6 Å². The molecule has 0 saturated carbocycles. The predicted octanol–water partition coefficient (Wildman–Crippen LogP) is 2.65. The van der Waals surface area contributed by atoms with Gasteiger partial charge in [0.05, 0.1) is 6.54 Å². The fourth-order valence-corrected chi connectivity index (χ4v) is 3.05. The quantitative estimate of drug-likeness (QED) is 0.803. The first kappa shape index (κ1) is 12.5. The third-order valence-corrected chi connectivity index (χ3v) is 4.10. The molecule has 106 valence electrons. The Kier molecular flexibility index (Phi) is 2.93. The van der Waals surface area contributed by atoms with Crippen LogP contribution in [0, 0.1) is 5.82 Å². The van der Waals surface area contributed by atoms with E-state index in [-0.39, 0.29) is 11.9 Å². The van der Waals surface area contributed by atoms with Gasteiger partial charge in [-0.2, -0.15) is 0 Å². The van der Waals surface area contributed by atoms with Crippen LogP contribution in [0.2, 0.25) is 0 Å². The average molecular weight is 282 g/mol. The molecule has 1 N–H and O–H groups in total. The number of aromatic nitrogens is 3. The third kappa shape index (κ3) is 2.10. The molecular formula is C16H15FN4. The van der Waals surface area contributed by atoms with Gasteiger partial charge in [-0.05, 0) is 42.2 Å². The average Bonchev–Trinajstić information content (AvgIpc) is 3.10. The van der Waals surface area contributed by atoms with Crippen molar-refractivity contribution in [1.29, 1.82) is 0 Å². The van der Waals surface area contributed by atoms with Gasteiger partial charge < -0.3 is 5.32 Å². The zero-order valence-electron chi connectivity index (χ0n) is 11.5. The van der Waals surface area contributed by atoms with Gasteiger partial charge in [-0.25, -0.2) is 4.39 Å². The standard InChI is InChI=1S/C16H15FN4/c17-13-5-3-4-12-11(13)7-8-14(12)18-10-16-20-19-15-6-1-2-9-21(15)16/h1-6,9,14,18H,7-8,10H2. The summed E-state index contributed by atoms with van der Waals surface area (Å²) in [7, 11) is 0. The van der Waals surface area contributed by atoms with Gasteiger partial charge in [0, 0.05) is 12.2 Å². The smallest absolute Gasteiger partial charge is 0.160 e. The van der Waals surface area contributed by atoms with E-state index in [1.807, 2.05) is 34.9 Å². The zero-order valence-corrected chi connectivity index (χ0v) is 11.5. The monoisotopic (exact) mass is 282 g/mol. The summed E-state index contributed by atoms with van der Waals surface area (Å²) in [4.78, 5) is 0. The first-order chi connectivity index (χ1) is 10.3. The number of pyridine rings is 1. The summed E-state index contributed by atoms with van der Waals surface area (Å²) in [5, 5.41) is 11.8. The SMILES string of the molecule is Fc1cccc2c1CCC2NCc1nnc2ccccn12.